The molecule has 0 spiro atoms. The van der Waals surface area contributed by atoms with E-state index < -0.39 is 0 Å². The maximum Gasteiger partial charge on any atom is 0.259 e. The first-order chi connectivity index (χ1) is 11.0. The van der Waals surface area contributed by atoms with Gasteiger partial charge in [0.05, 0.1) is 21.7 Å². The number of carbonyl (C=O) groups excluding carboxylic acids is 1. The highest BCUT2D eigenvalue weighted by molar-refractivity contribution is 9.11. The van der Waals surface area contributed by atoms with E-state index in [0.29, 0.717) is 8.95 Å². The Kier molecular flexibility index (Phi) is 6.18. The fourth-order valence-corrected chi connectivity index (χ4v) is 3.05. The van der Waals surface area contributed by atoms with Gasteiger partial charge in [-0.1, -0.05) is 18.2 Å². The lowest BCUT2D eigenvalue weighted by atomic mass is 10.2. The van der Waals surface area contributed by atoms with Crippen molar-refractivity contribution in [3.63, 3.8) is 0 Å². The Balaban J connectivity index is 1.88. The van der Waals surface area contributed by atoms with Crippen LogP contribution in [0, 0.1) is 6.92 Å². The van der Waals surface area contributed by atoms with Gasteiger partial charge in [-0.15, -0.1) is 0 Å². The maximum atomic E-state index is 11.8. The number of halogens is 2. The van der Waals surface area contributed by atoms with Crippen LogP contribution in [0.1, 0.15) is 11.1 Å². The van der Waals surface area contributed by atoms with E-state index in [1.54, 1.807) is 12.1 Å². The first-order valence-electron chi connectivity index (χ1n) is 6.77. The zero-order chi connectivity index (χ0) is 16.8. The third kappa shape index (κ3) is 5.07. The van der Waals surface area contributed by atoms with Crippen molar-refractivity contribution in [3.8, 4) is 5.75 Å². The topological polar surface area (TPSA) is 73.7 Å². The molecule has 0 radical (unpaired) electrons. The summed E-state index contributed by atoms with van der Waals surface area (Å²) in [4.78, 5) is 11.8. The predicted octanol–water partition coefficient (Wildman–Crippen LogP) is 3.79. The number of nitrogens with zero attached hydrogens (tertiary/aromatic N) is 1. The molecule has 0 heterocycles. The molecule has 2 aromatic carbocycles. The van der Waals surface area contributed by atoms with E-state index in [4.69, 9.17) is 0 Å². The number of phenolic OH excluding ortho intramolecular Hbond substituents is 1. The second-order valence-electron chi connectivity index (χ2n) is 4.79. The number of para-hydroxylation sites is 1. The lowest BCUT2D eigenvalue weighted by Crippen LogP contribution is -2.26. The number of phenols is 1. The SMILES string of the molecule is Cc1ccccc1NCC(=O)NN=Cc1cc(Br)c(O)c(Br)c1. The average molecular weight is 441 g/mol. The molecule has 120 valence electrons. The molecule has 3 N–H and O–H groups in total. The molecule has 23 heavy (non-hydrogen) atoms. The van der Waals surface area contributed by atoms with Crippen molar-refractivity contribution in [3.05, 3.63) is 56.5 Å². The number of amides is 1. The molecular weight excluding hydrogens is 426 g/mol. The quantitative estimate of drug-likeness (QED) is 0.489. The van der Waals surface area contributed by atoms with Crippen LogP contribution in [0.2, 0.25) is 0 Å². The standard InChI is InChI=1S/C16H15Br2N3O2/c1-10-4-2-3-5-14(10)19-9-15(22)21-20-8-11-6-12(17)16(23)13(18)7-11/h2-8,19,23H,9H2,1H3,(H,21,22). The Bertz CT molecular complexity index is 725. The number of aromatic hydroxyl groups is 1. The van der Waals surface area contributed by atoms with Crippen LogP contribution in [0.3, 0.4) is 0 Å². The molecule has 0 bridgehead atoms. The number of aryl methyl sites for hydroxylation is 1. The Morgan fingerprint density at radius 3 is 2.57 bits per heavy atom. The van der Waals surface area contributed by atoms with Gasteiger partial charge in [-0.3, -0.25) is 4.79 Å². The zero-order valence-electron chi connectivity index (χ0n) is 12.3. The number of benzene rings is 2. The Hall–Kier alpha value is -1.86. The van der Waals surface area contributed by atoms with Gasteiger partial charge in [0.2, 0.25) is 0 Å². The highest BCUT2D eigenvalue weighted by Gasteiger charge is 2.05. The third-order valence-corrected chi connectivity index (χ3v) is 4.24. The Morgan fingerprint density at radius 2 is 1.91 bits per heavy atom. The molecule has 0 aliphatic rings. The van der Waals surface area contributed by atoms with Crippen molar-refractivity contribution < 1.29 is 9.90 Å². The molecule has 0 atom stereocenters. The molecule has 0 aliphatic heterocycles. The average Bonchev–Trinajstić information content (AvgIpc) is 2.52. The van der Waals surface area contributed by atoms with Crippen LogP contribution in [0.25, 0.3) is 0 Å². The second kappa shape index (κ2) is 8.12. The van der Waals surface area contributed by atoms with Crippen LogP contribution in [0.5, 0.6) is 5.75 Å². The van der Waals surface area contributed by atoms with E-state index >= 15 is 0 Å². The molecule has 2 rings (SSSR count). The molecule has 2 aromatic rings. The van der Waals surface area contributed by atoms with E-state index in [-0.39, 0.29) is 18.2 Å². The van der Waals surface area contributed by atoms with Gasteiger partial charge in [-0.05, 0) is 68.1 Å². The minimum Gasteiger partial charge on any atom is -0.506 e. The van der Waals surface area contributed by atoms with Gasteiger partial charge in [-0.2, -0.15) is 5.10 Å². The minimum atomic E-state index is -0.249. The number of hydrazone groups is 1. The van der Waals surface area contributed by atoms with Crippen LogP contribution in [0.4, 0.5) is 5.69 Å². The van der Waals surface area contributed by atoms with Crippen LogP contribution >= 0.6 is 31.9 Å². The van der Waals surface area contributed by atoms with Crippen LogP contribution in [-0.4, -0.2) is 23.8 Å². The fraction of sp³-hybridized carbons (Fsp3) is 0.125. The summed E-state index contributed by atoms with van der Waals surface area (Å²) in [5.41, 5.74) is 5.17. The molecule has 1 amide bonds. The van der Waals surface area contributed by atoms with Gasteiger partial charge in [0.1, 0.15) is 5.75 Å². The number of carbonyl (C=O) groups is 1. The molecule has 0 aliphatic carbocycles. The normalized spacial score (nSPS) is 10.7. The van der Waals surface area contributed by atoms with Crippen molar-refractivity contribution in [2.75, 3.05) is 11.9 Å². The minimum absolute atomic E-state index is 0.119. The predicted molar refractivity (Wildman–Crippen MR) is 98.9 cm³/mol. The highest BCUT2D eigenvalue weighted by Crippen LogP contribution is 2.32. The summed E-state index contributed by atoms with van der Waals surface area (Å²) in [7, 11) is 0. The van der Waals surface area contributed by atoms with Gasteiger partial charge in [0.15, 0.2) is 0 Å². The summed E-state index contributed by atoms with van der Waals surface area (Å²) < 4.78 is 1.08. The van der Waals surface area contributed by atoms with E-state index in [1.165, 1.54) is 6.21 Å². The monoisotopic (exact) mass is 439 g/mol. The number of anilines is 1. The summed E-state index contributed by atoms with van der Waals surface area (Å²) in [6.45, 7) is 2.10. The molecule has 7 heteroatoms. The van der Waals surface area contributed by atoms with E-state index in [9.17, 15) is 9.90 Å². The summed E-state index contributed by atoms with van der Waals surface area (Å²) >= 11 is 6.47. The maximum absolute atomic E-state index is 11.8. The molecule has 0 unspecified atom stereocenters. The van der Waals surface area contributed by atoms with Crippen molar-refractivity contribution in [1.82, 2.24) is 5.43 Å². The molecule has 0 saturated carbocycles. The van der Waals surface area contributed by atoms with E-state index in [1.807, 2.05) is 31.2 Å². The lowest BCUT2D eigenvalue weighted by molar-refractivity contribution is -0.119. The summed E-state index contributed by atoms with van der Waals surface area (Å²) in [6.07, 6.45) is 1.50. The Morgan fingerprint density at radius 1 is 1.26 bits per heavy atom. The largest absolute Gasteiger partial charge is 0.506 e. The molecule has 0 fully saturated rings. The van der Waals surface area contributed by atoms with E-state index in [0.717, 1.165) is 16.8 Å². The number of rotatable bonds is 5. The van der Waals surface area contributed by atoms with Crippen molar-refractivity contribution in [2.45, 2.75) is 6.92 Å². The highest BCUT2D eigenvalue weighted by atomic mass is 79.9. The van der Waals surface area contributed by atoms with Gasteiger partial charge >= 0.3 is 0 Å². The summed E-state index contributed by atoms with van der Waals surface area (Å²) in [6, 6.07) is 11.1. The van der Waals surface area contributed by atoms with Crippen LogP contribution < -0.4 is 10.7 Å². The number of hydrogen-bond acceptors (Lipinski definition) is 4. The molecular formula is C16H15Br2N3O2. The van der Waals surface area contributed by atoms with Crippen molar-refractivity contribution in [1.29, 1.82) is 0 Å². The zero-order valence-corrected chi connectivity index (χ0v) is 15.5. The molecule has 0 aromatic heterocycles. The first kappa shape index (κ1) is 17.5. The van der Waals surface area contributed by atoms with Crippen molar-refractivity contribution >= 4 is 49.7 Å². The number of hydrogen-bond donors (Lipinski definition) is 3. The molecule has 0 saturated heterocycles. The smallest absolute Gasteiger partial charge is 0.259 e. The van der Waals surface area contributed by atoms with Crippen LogP contribution in [0.15, 0.2) is 50.4 Å². The second-order valence-corrected chi connectivity index (χ2v) is 6.50. The van der Waals surface area contributed by atoms with Crippen molar-refractivity contribution in [2.24, 2.45) is 5.10 Å². The number of nitrogens with one attached hydrogen (secondary N) is 2. The van der Waals surface area contributed by atoms with Gasteiger partial charge in [0.25, 0.3) is 5.91 Å². The lowest BCUT2D eigenvalue weighted by Gasteiger charge is -2.07. The first-order valence-corrected chi connectivity index (χ1v) is 8.35. The van der Waals surface area contributed by atoms with Gasteiger partial charge in [-0.25, -0.2) is 5.43 Å². The summed E-state index contributed by atoms with van der Waals surface area (Å²) in [5, 5.41) is 16.6. The van der Waals surface area contributed by atoms with Gasteiger partial charge < -0.3 is 10.4 Å². The van der Waals surface area contributed by atoms with Crippen LogP contribution in [-0.2, 0) is 4.79 Å². The fourth-order valence-electron chi connectivity index (χ4n) is 1.82. The van der Waals surface area contributed by atoms with E-state index in [2.05, 4.69) is 47.7 Å². The third-order valence-electron chi connectivity index (χ3n) is 3.03. The molecule has 5 nitrogen and oxygen atoms in total. The van der Waals surface area contributed by atoms with Gasteiger partial charge in [0, 0.05) is 5.69 Å². The summed E-state index contributed by atoms with van der Waals surface area (Å²) in [5.74, 6) is -0.130. The Labute approximate surface area is 151 Å².